The first kappa shape index (κ1) is 22.6. The van der Waals surface area contributed by atoms with Gasteiger partial charge < -0.3 is 15.4 Å². The number of fused-ring (bicyclic) bond motifs is 1. The molecule has 1 aliphatic carbocycles. The number of halogens is 1. The van der Waals surface area contributed by atoms with Gasteiger partial charge in [0.2, 0.25) is 0 Å². The minimum Gasteiger partial charge on any atom is -0.444 e. The number of nitrogens with two attached hydrogens (primary N) is 1. The first-order valence-electron chi connectivity index (χ1n) is 11.0. The lowest BCUT2D eigenvalue weighted by Crippen LogP contribution is -2.42. The van der Waals surface area contributed by atoms with E-state index in [1.54, 1.807) is 15.6 Å². The average Bonchev–Trinajstić information content (AvgIpc) is 3.29. The van der Waals surface area contributed by atoms with E-state index in [1.807, 2.05) is 40.2 Å². The van der Waals surface area contributed by atoms with Crippen LogP contribution in [0.1, 0.15) is 58.2 Å². The van der Waals surface area contributed by atoms with Crippen molar-refractivity contribution in [3.8, 4) is 11.1 Å². The standard InChI is InChI=1S/C23H31BrN6O2/c1-14-18(15-10-19(24)21-20(25)12-26-29(21)13-15)11-27-30(14)17-8-6-16(7-9-17)28(5)22(31)32-23(2,3)4/h10-13,16-17H,6-9,25H2,1-5H3. The van der Waals surface area contributed by atoms with E-state index in [9.17, 15) is 4.79 Å². The zero-order valence-corrected chi connectivity index (χ0v) is 20.9. The average molecular weight is 503 g/mol. The van der Waals surface area contributed by atoms with Crippen molar-refractivity contribution in [1.82, 2.24) is 24.3 Å². The number of hydrogen-bond acceptors (Lipinski definition) is 5. The fourth-order valence-corrected chi connectivity index (χ4v) is 5.15. The molecule has 2 N–H and O–H groups in total. The molecule has 0 radical (unpaired) electrons. The van der Waals surface area contributed by atoms with E-state index in [4.69, 9.17) is 15.6 Å². The van der Waals surface area contributed by atoms with Gasteiger partial charge in [0.15, 0.2) is 0 Å². The highest BCUT2D eigenvalue weighted by Gasteiger charge is 2.31. The van der Waals surface area contributed by atoms with E-state index in [0.29, 0.717) is 11.7 Å². The van der Waals surface area contributed by atoms with Crippen LogP contribution in [0.4, 0.5) is 10.5 Å². The van der Waals surface area contributed by atoms with Crippen LogP contribution in [0.2, 0.25) is 0 Å². The highest BCUT2D eigenvalue weighted by molar-refractivity contribution is 9.10. The quantitative estimate of drug-likeness (QED) is 0.531. The molecule has 1 aliphatic rings. The minimum atomic E-state index is -0.481. The second-order valence-electron chi connectivity index (χ2n) is 9.61. The summed E-state index contributed by atoms with van der Waals surface area (Å²) in [5.74, 6) is 0. The smallest absolute Gasteiger partial charge is 0.410 e. The van der Waals surface area contributed by atoms with Gasteiger partial charge in [-0.1, -0.05) is 0 Å². The fraction of sp³-hybridized carbons (Fsp3) is 0.522. The van der Waals surface area contributed by atoms with Crippen LogP contribution < -0.4 is 5.73 Å². The minimum absolute atomic E-state index is 0.195. The maximum Gasteiger partial charge on any atom is 0.410 e. The highest BCUT2D eigenvalue weighted by Crippen LogP contribution is 2.35. The number of nitrogens with zero attached hydrogens (tertiary/aromatic N) is 5. The Hall–Kier alpha value is -2.55. The van der Waals surface area contributed by atoms with Crippen LogP contribution in [0.3, 0.4) is 0 Å². The number of nitrogen functional groups attached to an aromatic ring is 1. The largest absolute Gasteiger partial charge is 0.444 e. The molecule has 0 saturated heterocycles. The Bertz CT molecular complexity index is 1140. The Balaban J connectivity index is 1.48. The summed E-state index contributed by atoms with van der Waals surface area (Å²) in [5, 5.41) is 9.07. The summed E-state index contributed by atoms with van der Waals surface area (Å²) < 4.78 is 10.4. The molecule has 0 atom stereocenters. The van der Waals surface area contributed by atoms with Crippen molar-refractivity contribution in [2.45, 2.75) is 71.1 Å². The lowest BCUT2D eigenvalue weighted by atomic mass is 9.90. The Kier molecular flexibility index (Phi) is 5.96. The summed E-state index contributed by atoms with van der Waals surface area (Å²) in [6.07, 6.45) is 9.12. The van der Waals surface area contributed by atoms with Gasteiger partial charge in [-0.25, -0.2) is 9.31 Å². The summed E-state index contributed by atoms with van der Waals surface area (Å²) in [4.78, 5) is 14.2. The highest BCUT2D eigenvalue weighted by atomic mass is 79.9. The molecule has 0 bridgehead atoms. The third-order valence-electron chi connectivity index (χ3n) is 6.19. The normalized spacial score (nSPS) is 19.3. The van der Waals surface area contributed by atoms with Crippen LogP contribution in [0.5, 0.6) is 0 Å². The van der Waals surface area contributed by atoms with E-state index in [1.165, 1.54) is 0 Å². The first-order valence-corrected chi connectivity index (χ1v) is 11.8. The van der Waals surface area contributed by atoms with Crippen molar-refractivity contribution in [1.29, 1.82) is 0 Å². The molecule has 1 fully saturated rings. The van der Waals surface area contributed by atoms with Gasteiger partial charge in [0.1, 0.15) is 11.1 Å². The van der Waals surface area contributed by atoms with Crippen molar-refractivity contribution in [2.24, 2.45) is 0 Å². The molecule has 1 amide bonds. The van der Waals surface area contributed by atoms with Crippen molar-refractivity contribution >= 4 is 33.2 Å². The Morgan fingerprint density at radius 1 is 1.22 bits per heavy atom. The third-order valence-corrected chi connectivity index (χ3v) is 6.80. The second-order valence-corrected chi connectivity index (χ2v) is 10.5. The van der Waals surface area contributed by atoms with Crippen molar-refractivity contribution in [3.05, 3.63) is 34.8 Å². The lowest BCUT2D eigenvalue weighted by molar-refractivity contribution is 0.0172. The van der Waals surface area contributed by atoms with Crippen molar-refractivity contribution in [2.75, 3.05) is 12.8 Å². The summed E-state index contributed by atoms with van der Waals surface area (Å²) in [5.41, 5.74) is 10.3. The fourth-order valence-electron chi connectivity index (χ4n) is 4.49. The summed E-state index contributed by atoms with van der Waals surface area (Å²) in [7, 11) is 1.84. The Morgan fingerprint density at radius 2 is 1.91 bits per heavy atom. The van der Waals surface area contributed by atoms with Gasteiger partial charge in [0.05, 0.1) is 24.1 Å². The molecular formula is C23H31BrN6O2. The third kappa shape index (κ3) is 4.35. The molecule has 0 spiro atoms. The molecule has 3 aromatic heterocycles. The summed E-state index contributed by atoms with van der Waals surface area (Å²) in [6.45, 7) is 7.79. The molecule has 8 nitrogen and oxygen atoms in total. The molecule has 3 heterocycles. The van der Waals surface area contributed by atoms with E-state index in [2.05, 4.69) is 38.7 Å². The maximum absolute atomic E-state index is 12.4. The number of carbonyl (C=O) groups is 1. The zero-order valence-electron chi connectivity index (χ0n) is 19.3. The molecule has 4 rings (SSSR count). The van der Waals surface area contributed by atoms with E-state index in [0.717, 1.165) is 52.5 Å². The Labute approximate surface area is 196 Å². The predicted molar refractivity (Wildman–Crippen MR) is 129 cm³/mol. The van der Waals surface area contributed by atoms with E-state index in [-0.39, 0.29) is 12.1 Å². The molecule has 3 aromatic rings. The monoisotopic (exact) mass is 502 g/mol. The number of rotatable bonds is 3. The lowest BCUT2D eigenvalue weighted by Gasteiger charge is -2.35. The molecule has 9 heteroatoms. The maximum atomic E-state index is 12.4. The molecule has 32 heavy (non-hydrogen) atoms. The number of anilines is 1. The van der Waals surface area contributed by atoms with Crippen LogP contribution in [0.25, 0.3) is 16.6 Å². The van der Waals surface area contributed by atoms with Gasteiger partial charge in [-0.2, -0.15) is 10.2 Å². The first-order chi connectivity index (χ1) is 15.0. The molecule has 0 aromatic carbocycles. The molecule has 1 saturated carbocycles. The number of ether oxygens (including phenoxy) is 1. The van der Waals surface area contributed by atoms with Crippen molar-refractivity contribution < 1.29 is 9.53 Å². The molecule has 172 valence electrons. The molecule has 0 unspecified atom stereocenters. The van der Waals surface area contributed by atoms with Crippen LogP contribution >= 0.6 is 15.9 Å². The molecular weight excluding hydrogens is 472 g/mol. The number of aromatic nitrogens is 4. The van der Waals surface area contributed by atoms with Gasteiger partial charge in [-0.15, -0.1) is 0 Å². The van der Waals surface area contributed by atoms with Crippen molar-refractivity contribution in [3.63, 3.8) is 0 Å². The van der Waals surface area contributed by atoms with Gasteiger partial charge in [-0.3, -0.25) is 4.68 Å². The van der Waals surface area contributed by atoms with E-state index >= 15 is 0 Å². The summed E-state index contributed by atoms with van der Waals surface area (Å²) >= 11 is 3.62. The van der Waals surface area contributed by atoms with Crippen LogP contribution in [0.15, 0.2) is 29.1 Å². The van der Waals surface area contributed by atoms with Crippen LogP contribution in [-0.4, -0.2) is 49.1 Å². The number of carbonyl (C=O) groups excluding carboxylic acids is 1. The zero-order chi connectivity index (χ0) is 23.2. The van der Waals surface area contributed by atoms with E-state index < -0.39 is 5.60 Å². The number of pyridine rings is 1. The van der Waals surface area contributed by atoms with Crippen LogP contribution in [0, 0.1) is 6.92 Å². The molecule has 0 aliphatic heterocycles. The second kappa shape index (κ2) is 8.42. The Morgan fingerprint density at radius 3 is 2.56 bits per heavy atom. The van der Waals surface area contributed by atoms with Gasteiger partial charge in [-0.05, 0) is 75.4 Å². The predicted octanol–water partition coefficient (Wildman–Crippen LogP) is 5.20. The number of amides is 1. The number of hydrogen-bond donors (Lipinski definition) is 1. The van der Waals surface area contributed by atoms with Gasteiger partial charge >= 0.3 is 6.09 Å². The SMILES string of the molecule is Cc1c(-c2cc(Br)c3c(N)cnn3c2)cnn1C1CCC(N(C)C(=O)OC(C)(C)C)CC1. The van der Waals surface area contributed by atoms with Gasteiger partial charge in [0.25, 0.3) is 0 Å². The summed E-state index contributed by atoms with van der Waals surface area (Å²) in [6, 6.07) is 2.58. The van der Waals surface area contributed by atoms with Crippen LogP contribution in [-0.2, 0) is 4.74 Å². The topological polar surface area (TPSA) is 90.7 Å². The van der Waals surface area contributed by atoms with Gasteiger partial charge in [0, 0.05) is 40.6 Å².